The van der Waals surface area contributed by atoms with Gasteiger partial charge in [-0.3, -0.25) is 9.78 Å². The molecule has 0 aliphatic heterocycles. The summed E-state index contributed by atoms with van der Waals surface area (Å²) in [6.07, 6.45) is 5.23. The van der Waals surface area contributed by atoms with Crippen LogP contribution in [0.5, 0.6) is 0 Å². The normalized spacial score (nSPS) is 10.3. The van der Waals surface area contributed by atoms with Crippen LogP contribution in [-0.2, 0) is 0 Å². The van der Waals surface area contributed by atoms with Crippen LogP contribution in [0.15, 0.2) is 48.7 Å². The maximum absolute atomic E-state index is 12.7. The molecule has 0 radical (unpaired) electrons. The lowest BCUT2D eigenvalue weighted by atomic mass is 10.2. The van der Waals surface area contributed by atoms with E-state index in [9.17, 15) is 4.79 Å². The fourth-order valence-corrected chi connectivity index (χ4v) is 2.45. The number of para-hydroxylation sites is 1. The molecule has 2 rings (SSSR count). The molecular weight excluding hydrogens is 286 g/mol. The first-order chi connectivity index (χ1) is 11.3. The first-order valence-corrected chi connectivity index (χ1v) is 8.33. The van der Waals surface area contributed by atoms with Crippen LogP contribution in [0.2, 0.25) is 0 Å². The van der Waals surface area contributed by atoms with Gasteiger partial charge in [0.2, 0.25) is 0 Å². The highest BCUT2D eigenvalue weighted by atomic mass is 16.2. The molecule has 0 saturated carbocycles. The fourth-order valence-electron chi connectivity index (χ4n) is 2.45. The van der Waals surface area contributed by atoms with Gasteiger partial charge in [0.1, 0.15) is 5.69 Å². The predicted octanol–water partition coefficient (Wildman–Crippen LogP) is 4.35. The van der Waals surface area contributed by atoms with Crippen molar-refractivity contribution in [1.82, 2.24) is 4.98 Å². The van der Waals surface area contributed by atoms with Crippen molar-refractivity contribution in [3.05, 3.63) is 54.4 Å². The summed E-state index contributed by atoms with van der Waals surface area (Å²) in [4.78, 5) is 18.7. The molecule has 1 aromatic carbocycles. The maximum Gasteiger partial charge on any atom is 0.276 e. The second-order valence-corrected chi connectivity index (χ2v) is 5.45. The van der Waals surface area contributed by atoms with E-state index in [0.29, 0.717) is 12.2 Å². The van der Waals surface area contributed by atoms with Crippen molar-refractivity contribution < 1.29 is 4.79 Å². The van der Waals surface area contributed by atoms with Crippen molar-refractivity contribution in [2.24, 2.45) is 0 Å². The molecule has 0 fully saturated rings. The van der Waals surface area contributed by atoms with Crippen LogP contribution in [0.1, 0.15) is 43.6 Å². The zero-order chi connectivity index (χ0) is 16.5. The number of carbonyl (C=O) groups excluding carboxylic acids is 1. The first kappa shape index (κ1) is 17.0. The average molecular weight is 311 g/mol. The quantitative estimate of drug-likeness (QED) is 0.737. The third-order valence-corrected chi connectivity index (χ3v) is 3.72. The summed E-state index contributed by atoms with van der Waals surface area (Å²) >= 11 is 0. The molecule has 23 heavy (non-hydrogen) atoms. The molecule has 2 aromatic rings. The Bertz CT molecular complexity index is 613. The van der Waals surface area contributed by atoms with Crippen molar-refractivity contribution in [2.45, 2.75) is 33.1 Å². The molecule has 0 spiro atoms. The number of nitrogens with one attached hydrogen (secondary N) is 1. The largest absolute Gasteiger partial charge is 0.385 e. The molecule has 0 saturated heterocycles. The third-order valence-electron chi connectivity index (χ3n) is 3.72. The van der Waals surface area contributed by atoms with Gasteiger partial charge in [0.25, 0.3) is 5.91 Å². The van der Waals surface area contributed by atoms with E-state index >= 15 is 0 Å². The summed E-state index contributed by atoms with van der Waals surface area (Å²) in [5.41, 5.74) is 2.31. The standard InChI is InChI=1S/C19H25N3O/c1-3-5-9-13-20-16-12-14-21-18(15-16)19(23)22(4-2)17-10-7-6-8-11-17/h6-8,10-12,14-15H,3-5,9,13H2,1-2H3,(H,20,21). The van der Waals surface area contributed by atoms with E-state index in [2.05, 4.69) is 17.2 Å². The van der Waals surface area contributed by atoms with Crippen LogP contribution in [0.25, 0.3) is 0 Å². The van der Waals surface area contributed by atoms with Crippen LogP contribution in [-0.4, -0.2) is 24.0 Å². The summed E-state index contributed by atoms with van der Waals surface area (Å²) in [5, 5.41) is 3.36. The Morgan fingerprint density at radius 1 is 1.13 bits per heavy atom. The lowest BCUT2D eigenvalue weighted by molar-refractivity contribution is 0.0983. The predicted molar refractivity (Wildman–Crippen MR) is 96.0 cm³/mol. The van der Waals surface area contributed by atoms with Gasteiger partial charge in [-0.2, -0.15) is 0 Å². The molecule has 1 amide bonds. The molecule has 4 heteroatoms. The molecule has 1 heterocycles. The Balaban J connectivity index is 2.09. The van der Waals surface area contributed by atoms with E-state index in [1.165, 1.54) is 12.8 Å². The minimum absolute atomic E-state index is 0.0732. The fraction of sp³-hybridized carbons (Fsp3) is 0.368. The zero-order valence-electron chi connectivity index (χ0n) is 14.0. The molecule has 0 unspecified atom stereocenters. The number of benzene rings is 1. The van der Waals surface area contributed by atoms with Gasteiger partial charge < -0.3 is 10.2 Å². The minimum atomic E-state index is -0.0732. The second kappa shape index (κ2) is 8.93. The summed E-state index contributed by atoms with van der Waals surface area (Å²) < 4.78 is 0. The van der Waals surface area contributed by atoms with Gasteiger partial charge in [0, 0.05) is 30.7 Å². The molecule has 1 aromatic heterocycles. The number of amides is 1. The summed E-state index contributed by atoms with van der Waals surface area (Å²) in [5.74, 6) is -0.0732. The highest BCUT2D eigenvalue weighted by Gasteiger charge is 2.17. The van der Waals surface area contributed by atoms with E-state index in [1.54, 1.807) is 11.1 Å². The summed E-state index contributed by atoms with van der Waals surface area (Å²) in [6.45, 7) is 5.68. The van der Waals surface area contributed by atoms with E-state index in [1.807, 2.05) is 49.4 Å². The number of carbonyl (C=O) groups is 1. The average Bonchev–Trinajstić information content (AvgIpc) is 2.60. The van der Waals surface area contributed by atoms with E-state index < -0.39 is 0 Å². The smallest absolute Gasteiger partial charge is 0.276 e. The van der Waals surface area contributed by atoms with Gasteiger partial charge in [-0.05, 0) is 37.6 Å². The highest BCUT2D eigenvalue weighted by molar-refractivity contribution is 6.05. The monoisotopic (exact) mass is 311 g/mol. The van der Waals surface area contributed by atoms with Crippen molar-refractivity contribution in [3.8, 4) is 0 Å². The molecule has 0 aliphatic carbocycles. The number of aromatic nitrogens is 1. The second-order valence-electron chi connectivity index (χ2n) is 5.45. The van der Waals surface area contributed by atoms with Crippen LogP contribution in [0.4, 0.5) is 11.4 Å². The van der Waals surface area contributed by atoms with E-state index in [-0.39, 0.29) is 5.91 Å². The molecule has 0 atom stereocenters. The molecule has 0 bridgehead atoms. The Labute approximate surface area is 138 Å². The summed E-state index contributed by atoms with van der Waals surface area (Å²) in [7, 11) is 0. The summed E-state index contributed by atoms with van der Waals surface area (Å²) in [6, 6.07) is 13.4. The lowest BCUT2D eigenvalue weighted by Crippen LogP contribution is -2.31. The van der Waals surface area contributed by atoms with Crippen LogP contribution >= 0.6 is 0 Å². The molecule has 122 valence electrons. The van der Waals surface area contributed by atoms with Gasteiger partial charge >= 0.3 is 0 Å². The van der Waals surface area contributed by atoms with Crippen molar-refractivity contribution in [3.63, 3.8) is 0 Å². The molecule has 0 aliphatic rings. The van der Waals surface area contributed by atoms with Gasteiger partial charge in [0.15, 0.2) is 0 Å². The molecule has 1 N–H and O–H groups in total. The number of rotatable bonds is 8. The highest BCUT2D eigenvalue weighted by Crippen LogP contribution is 2.17. The molecule has 4 nitrogen and oxygen atoms in total. The van der Waals surface area contributed by atoms with Crippen LogP contribution in [0.3, 0.4) is 0 Å². The number of nitrogens with zero attached hydrogens (tertiary/aromatic N) is 2. The third kappa shape index (κ3) is 4.81. The minimum Gasteiger partial charge on any atom is -0.385 e. The van der Waals surface area contributed by atoms with Gasteiger partial charge in [-0.1, -0.05) is 38.0 Å². The molecular formula is C19H25N3O. The van der Waals surface area contributed by atoms with Crippen LogP contribution < -0.4 is 10.2 Å². The van der Waals surface area contributed by atoms with Gasteiger partial charge in [-0.15, -0.1) is 0 Å². The number of anilines is 2. The SMILES string of the molecule is CCCCCNc1ccnc(C(=O)N(CC)c2ccccc2)c1. The number of hydrogen-bond acceptors (Lipinski definition) is 3. The maximum atomic E-state index is 12.7. The zero-order valence-corrected chi connectivity index (χ0v) is 14.0. The van der Waals surface area contributed by atoms with Gasteiger partial charge in [0.05, 0.1) is 0 Å². The Morgan fingerprint density at radius 2 is 1.91 bits per heavy atom. The Kier molecular flexibility index (Phi) is 6.60. The van der Waals surface area contributed by atoms with E-state index in [0.717, 1.165) is 24.3 Å². The van der Waals surface area contributed by atoms with Crippen molar-refractivity contribution in [2.75, 3.05) is 23.3 Å². The first-order valence-electron chi connectivity index (χ1n) is 8.33. The Hall–Kier alpha value is -2.36. The van der Waals surface area contributed by atoms with Gasteiger partial charge in [-0.25, -0.2) is 0 Å². The topological polar surface area (TPSA) is 45.2 Å². The van der Waals surface area contributed by atoms with E-state index in [4.69, 9.17) is 0 Å². The number of unbranched alkanes of at least 4 members (excludes halogenated alkanes) is 2. The lowest BCUT2D eigenvalue weighted by Gasteiger charge is -2.20. The van der Waals surface area contributed by atoms with Crippen molar-refractivity contribution >= 4 is 17.3 Å². The number of hydrogen-bond donors (Lipinski definition) is 1. The Morgan fingerprint density at radius 3 is 2.61 bits per heavy atom. The van der Waals surface area contributed by atoms with Crippen LogP contribution in [0, 0.1) is 0 Å². The van der Waals surface area contributed by atoms with Crippen molar-refractivity contribution in [1.29, 1.82) is 0 Å². The number of pyridine rings is 1.